The molecule has 1 N–H and O–H groups in total. The summed E-state index contributed by atoms with van der Waals surface area (Å²) < 4.78 is 0.882. The molecule has 4 heteroatoms. The third-order valence-electron chi connectivity index (χ3n) is 4.63. The van der Waals surface area contributed by atoms with Gasteiger partial charge in [-0.25, -0.2) is 4.98 Å². The quantitative estimate of drug-likeness (QED) is 0.555. The van der Waals surface area contributed by atoms with Crippen LogP contribution < -0.4 is 0 Å². The number of carboxylic acids is 1. The van der Waals surface area contributed by atoms with E-state index in [1.54, 1.807) is 0 Å². The smallest absolute Gasteiger partial charge is 0.309 e. The summed E-state index contributed by atoms with van der Waals surface area (Å²) >= 11 is 3.38. The molecule has 1 aromatic heterocycles. The molecule has 0 unspecified atom stereocenters. The Morgan fingerprint density at radius 3 is 2.62 bits per heavy atom. The zero-order chi connectivity index (χ0) is 15.1. The Kier molecular flexibility index (Phi) is 6.22. The molecule has 1 fully saturated rings. The summed E-state index contributed by atoms with van der Waals surface area (Å²) in [5, 5.41) is 9.54. The Morgan fingerprint density at radius 2 is 1.95 bits per heavy atom. The predicted molar refractivity (Wildman–Crippen MR) is 87.3 cm³/mol. The minimum atomic E-state index is -0.573. The van der Waals surface area contributed by atoms with Crippen LogP contribution in [-0.4, -0.2) is 16.1 Å². The minimum Gasteiger partial charge on any atom is -0.481 e. The van der Waals surface area contributed by atoms with E-state index in [0.29, 0.717) is 0 Å². The highest BCUT2D eigenvalue weighted by Crippen LogP contribution is 2.40. The van der Waals surface area contributed by atoms with Gasteiger partial charge in [0.25, 0.3) is 0 Å². The molecule has 0 aromatic carbocycles. The Bertz CT molecular complexity index is 470. The Balaban J connectivity index is 1.72. The van der Waals surface area contributed by atoms with Gasteiger partial charge in [0, 0.05) is 5.69 Å². The first-order chi connectivity index (χ1) is 10.1. The largest absolute Gasteiger partial charge is 0.481 e. The van der Waals surface area contributed by atoms with E-state index in [2.05, 4.69) is 20.9 Å². The monoisotopic (exact) mass is 353 g/mol. The first kappa shape index (κ1) is 16.5. The molecule has 0 aliphatic heterocycles. The lowest BCUT2D eigenvalue weighted by molar-refractivity contribution is -0.151. The molecule has 0 radical (unpaired) electrons. The fourth-order valence-corrected chi connectivity index (χ4v) is 3.72. The number of rotatable bonds is 7. The summed E-state index contributed by atoms with van der Waals surface area (Å²) in [6.45, 7) is 0. The van der Waals surface area contributed by atoms with Crippen molar-refractivity contribution in [1.29, 1.82) is 0 Å². The molecule has 1 aromatic rings. The van der Waals surface area contributed by atoms with E-state index in [4.69, 9.17) is 0 Å². The van der Waals surface area contributed by atoms with Crippen LogP contribution in [0.5, 0.6) is 0 Å². The van der Waals surface area contributed by atoms with Crippen LogP contribution in [0, 0.1) is 5.41 Å². The fraction of sp³-hybridized carbons (Fsp3) is 0.647. The lowest BCUT2D eigenvalue weighted by Crippen LogP contribution is -2.33. The van der Waals surface area contributed by atoms with E-state index in [9.17, 15) is 9.90 Å². The highest BCUT2D eigenvalue weighted by atomic mass is 79.9. The number of carboxylic acid groups (broad SMARTS) is 1. The van der Waals surface area contributed by atoms with Gasteiger partial charge in [0.2, 0.25) is 0 Å². The van der Waals surface area contributed by atoms with E-state index < -0.39 is 11.4 Å². The number of hydrogen-bond acceptors (Lipinski definition) is 2. The zero-order valence-electron chi connectivity index (χ0n) is 12.5. The number of carbonyl (C=O) groups is 1. The van der Waals surface area contributed by atoms with Gasteiger partial charge in [0.05, 0.1) is 5.41 Å². The number of unbranched alkanes of at least 4 members (excludes halogenated alkanes) is 2. The highest BCUT2D eigenvalue weighted by molar-refractivity contribution is 9.10. The maximum absolute atomic E-state index is 11.6. The van der Waals surface area contributed by atoms with Crippen LogP contribution in [0.2, 0.25) is 0 Å². The summed E-state index contributed by atoms with van der Waals surface area (Å²) in [5.74, 6) is -0.573. The summed E-state index contributed by atoms with van der Waals surface area (Å²) in [6, 6.07) is 5.99. The van der Waals surface area contributed by atoms with Crippen molar-refractivity contribution in [3.63, 3.8) is 0 Å². The standard InChI is InChI=1S/C17H24BrNO2/c18-15-10-7-9-14(19-15)8-3-1-4-11-17(16(20)21)12-5-2-6-13-17/h7,9-10H,1-6,8,11-13H2,(H,20,21). The molecule has 116 valence electrons. The number of aromatic nitrogens is 1. The van der Waals surface area contributed by atoms with Gasteiger partial charge in [-0.15, -0.1) is 0 Å². The van der Waals surface area contributed by atoms with Crippen LogP contribution >= 0.6 is 15.9 Å². The average Bonchev–Trinajstić information content (AvgIpc) is 2.48. The van der Waals surface area contributed by atoms with Gasteiger partial charge in [0.15, 0.2) is 0 Å². The van der Waals surface area contributed by atoms with Gasteiger partial charge in [-0.05, 0) is 60.2 Å². The molecule has 21 heavy (non-hydrogen) atoms. The SMILES string of the molecule is O=C(O)C1(CCCCCc2cccc(Br)n2)CCCCC1. The normalized spacial score (nSPS) is 17.6. The van der Waals surface area contributed by atoms with Gasteiger partial charge in [-0.1, -0.05) is 38.2 Å². The molecule has 3 nitrogen and oxygen atoms in total. The van der Waals surface area contributed by atoms with Crippen LogP contribution in [0.4, 0.5) is 0 Å². The first-order valence-corrected chi connectivity index (χ1v) is 8.77. The third kappa shape index (κ3) is 4.80. The minimum absolute atomic E-state index is 0.424. The first-order valence-electron chi connectivity index (χ1n) is 7.97. The number of aryl methyl sites for hydroxylation is 1. The summed E-state index contributed by atoms with van der Waals surface area (Å²) in [5.41, 5.74) is 0.682. The second-order valence-corrected chi connectivity index (χ2v) is 6.97. The van der Waals surface area contributed by atoms with Crippen molar-refractivity contribution in [1.82, 2.24) is 4.98 Å². The Morgan fingerprint density at radius 1 is 1.19 bits per heavy atom. The van der Waals surface area contributed by atoms with Crippen molar-refractivity contribution in [2.75, 3.05) is 0 Å². The highest BCUT2D eigenvalue weighted by Gasteiger charge is 2.38. The Labute approximate surface area is 135 Å². The van der Waals surface area contributed by atoms with Gasteiger partial charge in [-0.3, -0.25) is 4.79 Å². The lowest BCUT2D eigenvalue weighted by atomic mass is 9.71. The van der Waals surface area contributed by atoms with Crippen molar-refractivity contribution in [2.24, 2.45) is 5.41 Å². The molecular formula is C17H24BrNO2. The van der Waals surface area contributed by atoms with Crippen LogP contribution in [0.3, 0.4) is 0 Å². The van der Waals surface area contributed by atoms with Crippen LogP contribution in [-0.2, 0) is 11.2 Å². The van der Waals surface area contributed by atoms with E-state index >= 15 is 0 Å². The van der Waals surface area contributed by atoms with E-state index in [1.165, 1.54) is 6.42 Å². The van der Waals surface area contributed by atoms with Crippen molar-refractivity contribution >= 4 is 21.9 Å². The van der Waals surface area contributed by atoms with Gasteiger partial charge >= 0.3 is 5.97 Å². The second-order valence-electron chi connectivity index (χ2n) is 6.16. The van der Waals surface area contributed by atoms with E-state index in [1.807, 2.05) is 18.2 Å². The van der Waals surface area contributed by atoms with Gasteiger partial charge in [0.1, 0.15) is 4.60 Å². The second kappa shape index (κ2) is 7.92. The van der Waals surface area contributed by atoms with Crippen molar-refractivity contribution < 1.29 is 9.90 Å². The topological polar surface area (TPSA) is 50.2 Å². The summed E-state index contributed by atoms with van der Waals surface area (Å²) in [4.78, 5) is 16.0. The van der Waals surface area contributed by atoms with E-state index in [-0.39, 0.29) is 0 Å². The van der Waals surface area contributed by atoms with Crippen molar-refractivity contribution in [2.45, 2.75) is 64.2 Å². The molecule has 0 spiro atoms. The van der Waals surface area contributed by atoms with Crippen LogP contribution in [0.15, 0.2) is 22.8 Å². The van der Waals surface area contributed by atoms with Gasteiger partial charge in [-0.2, -0.15) is 0 Å². The maximum atomic E-state index is 11.6. The number of pyridine rings is 1. The van der Waals surface area contributed by atoms with Crippen molar-refractivity contribution in [3.8, 4) is 0 Å². The maximum Gasteiger partial charge on any atom is 0.309 e. The molecule has 1 aliphatic carbocycles. The zero-order valence-corrected chi connectivity index (χ0v) is 14.1. The number of halogens is 1. The summed E-state index contributed by atoms with van der Waals surface area (Å²) in [7, 11) is 0. The van der Waals surface area contributed by atoms with Crippen LogP contribution in [0.25, 0.3) is 0 Å². The molecule has 0 saturated heterocycles. The van der Waals surface area contributed by atoms with Gasteiger partial charge < -0.3 is 5.11 Å². The molecule has 1 heterocycles. The average molecular weight is 354 g/mol. The Hall–Kier alpha value is -0.900. The molecule has 0 amide bonds. The third-order valence-corrected chi connectivity index (χ3v) is 5.07. The number of nitrogens with zero attached hydrogens (tertiary/aromatic N) is 1. The molecule has 1 saturated carbocycles. The molecule has 0 bridgehead atoms. The van der Waals surface area contributed by atoms with Crippen molar-refractivity contribution in [3.05, 3.63) is 28.5 Å². The number of hydrogen-bond donors (Lipinski definition) is 1. The molecule has 2 rings (SSSR count). The van der Waals surface area contributed by atoms with E-state index in [0.717, 1.165) is 68.1 Å². The lowest BCUT2D eigenvalue weighted by Gasteiger charge is -2.33. The summed E-state index contributed by atoms with van der Waals surface area (Å²) in [6.07, 6.45) is 10.1. The number of aliphatic carboxylic acids is 1. The van der Waals surface area contributed by atoms with Crippen LogP contribution in [0.1, 0.15) is 63.5 Å². The predicted octanol–water partition coefficient (Wildman–Crippen LogP) is 4.98. The fourth-order valence-electron chi connectivity index (χ4n) is 3.34. The molecule has 1 aliphatic rings. The molecule has 0 atom stereocenters. The molecular weight excluding hydrogens is 330 g/mol.